The molecule has 4 nitrogen and oxygen atoms in total. The fraction of sp³-hybridized carbons (Fsp3) is 0. The fourth-order valence-electron chi connectivity index (χ4n) is 1.83. The van der Waals surface area contributed by atoms with Crippen molar-refractivity contribution in [2.45, 2.75) is 0 Å². The Morgan fingerprint density at radius 1 is 1.05 bits per heavy atom. The van der Waals surface area contributed by atoms with Crippen molar-refractivity contribution in [1.82, 2.24) is 4.98 Å². The topological polar surface area (TPSA) is 54.0 Å². The Morgan fingerprint density at radius 3 is 2.45 bits per heavy atom. The molecule has 0 bridgehead atoms. The zero-order chi connectivity index (χ0) is 15.4. The van der Waals surface area contributed by atoms with Crippen molar-refractivity contribution in [3.05, 3.63) is 70.0 Å². The van der Waals surface area contributed by atoms with Gasteiger partial charge in [-0.25, -0.2) is 4.98 Å². The van der Waals surface area contributed by atoms with Gasteiger partial charge in [-0.1, -0.05) is 17.7 Å². The van der Waals surface area contributed by atoms with E-state index in [1.54, 1.807) is 18.3 Å². The maximum atomic E-state index is 11.9. The summed E-state index contributed by atoms with van der Waals surface area (Å²) in [5.41, 5.74) is 1.75. The summed E-state index contributed by atoms with van der Waals surface area (Å²) in [4.78, 5) is 16.8. The number of carbonyl (C=O) groups is 1. The summed E-state index contributed by atoms with van der Waals surface area (Å²) in [7, 11) is 0. The van der Waals surface area contributed by atoms with Crippen molar-refractivity contribution in [1.29, 1.82) is 0 Å². The van der Waals surface area contributed by atoms with Gasteiger partial charge in [0, 0.05) is 10.7 Å². The standard InChI is InChI=1S/C16H12ClN3OS/c17-11-3-5-12(6-4-11)19-13-7-8-15(18-10-13)20-16(21)14-2-1-9-22-14/h1-10,19H,(H,18,20,21). The molecule has 3 aromatic rings. The second-order valence-electron chi connectivity index (χ2n) is 4.50. The van der Waals surface area contributed by atoms with Crippen LogP contribution in [0, 0.1) is 0 Å². The van der Waals surface area contributed by atoms with E-state index in [9.17, 15) is 4.79 Å². The van der Waals surface area contributed by atoms with Gasteiger partial charge in [0.25, 0.3) is 5.91 Å². The molecule has 3 rings (SSSR count). The number of anilines is 3. The quantitative estimate of drug-likeness (QED) is 0.723. The highest BCUT2D eigenvalue weighted by molar-refractivity contribution is 7.12. The minimum Gasteiger partial charge on any atom is -0.354 e. The largest absolute Gasteiger partial charge is 0.354 e. The lowest BCUT2D eigenvalue weighted by Crippen LogP contribution is -2.11. The van der Waals surface area contributed by atoms with Gasteiger partial charge in [-0.2, -0.15) is 0 Å². The van der Waals surface area contributed by atoms with Gasteiger partial charge in [-0.15, -0.1) is 11.3 Å². The van der Waals surface area contributed by atoms with Crippen molar-refractivity contribution in [3.63, 3.8) is 0 Å². The Balaban J connectivity index is 1.65. The Bertz CT molecular complexity index is 755. The summed E-state index contributed by atoms with van der Waals surface area (Å²) >= 11 is 7.24. The van der Waals surface area contributed by atoms with Crippen LogP contribution >= 0.6 is 22.9 Å². The molecule has 2 N–H and O–H groups in total. The smallest absolute Gasteiger partial charge is 0.266 e. The number of halogens is 1. The molecular weight excluding hydrogens is 318 g/mol. The Labute approximate surface area is 136 Å². The second-order valence-corrected chi connectivity index (χ2v) is 5.88. The van der Waals surface area contributed by atoms with E-state index in [4.69, 9.17) is 11.6 Å². The molecule has 0 spiro atoms. The van der Waals surface area contributed by atoms with Crippen LogP contribution in [0.15, 0.2) is 60.1 Å². The number of carbonyl (C=O) groups excluding carboxylic acids is 1. The maximum Gasteiger partial charge on any atom is 0.266 e. The summed E-state index contributed by atoms with van der Waals surface area (Å²) in [5, 5.41) is 8.52. The number of hydrogen-bond donors (Lipinski definition) is 2. The minimum atomic E-state index is -0.152. The van der Waals surface area contributed by atoms with Gasteiger partial charge in [0.05, 0.1) is 16.8 Å². The van der Waals surface area contributed by atoms with E-state index in [-0.39, 0.29) is 5.91 Å². The van der Waals surface area contributed by atoms with Crippen molar-refractivity contribution in [2.75, 3.05) is 10.6 Å². The van der Waals surface area contributed by atoms with Gasteiger partial charge < -0.3 is 10.6 Å². The number of amides is 1. The first-order valence-corrected chi connectivity index (χ1v) is 7.80. The van der Waals surface area contributed by atoms with Gasteiger partial charge in [0.15, 0.2) is 0 Å². The number of rotatable bonds is 4. The molecule has 0 atom stereocenters. The number of benzene rings is 1. The van der Waals surface area contributed by atoms with E-state index >= 15 is 0 Å². The average molecular weight is 330 g/mol. The molecule has 0 aliphatic carbocycles. The molecule has 2 heterocycles. The first-order valence-electron chi connectivity index (χ1n) is 6.54. The van der Waals surface area contributed by atoms with E-state index in [2.05, 4.69) is 15.6 Å². The third-order valence-electron chi connectivity index (χ3n) is 2.88. The van der Waals surface area contributed by atoms with E-state index in [1.807, 2.05) is 41.8 Å². The SMILES string of the molecule is O=C(Nc1ccc(Nc2ccc(Cl)cc2)cn1)c1cccs1. The molecule has 1 aromatic carbocycles. The third-order valence-corrected chi connectivity index (χ3v) is 4.00. The molecule has 6 heteroatoms. The molecule has 0 aliphatic heterocycles. The number of hydrogen-bond acceptors (Lipinski definition) is 4. The normalized spacial score (nSPS) is 10.2. The molecular formula is C16H12ClN3OS. The summed E-state index contributed by atoms with van der Waals surface area (Å²) < 4.78 is 0. The summed E-state index contributed by atoms with van der Waals surface area (Å²) in [6.07, 6.45) is 1.67. The highest BCUT2D eigenvalue weighted by Crippen LogP contribution is 2.19. The molecule has 0 radical (unpaired) electrons. The zero-order valence-corrected chi connectivity index (χ0v) is 13.0. The van der Waals surface area contributed by atoms with Crippen molar-refractivity contribution < 1.29 is 4.79 Å². The van der Waals surface area contributed by atoms with Crippen LogP contribution in [-0.4, -0.2) is 10.9 Å². The van der Waals surface area contributed by atoms with Crippen LogP contribution in [0.1, 0.15) is 9.67 Å². The third kappa shape index (κ3) is 3.63. The maximum absolute atomic E-state index is 11.9. The number of pyridine rings is 1. The molecule has 0 aliphatic rings. The highest BCUT2D eigenvalue weighted by atomic mass is 35.5. The average Bonchev–Trinajstić information content (AvgIpc) is 3.06. The minimum absolute atomic E-state index is 0.152. The molecule has 0 unspecified atom stereocenters. The predicted octanol–water partition coefficient (Wildman–Crippen LogP) is 4.79. The lowest BCUT2D eigenvalue weighted by atomic mass is 10.3. The Hall–Kier alpha value is -2.37. The molecule has 0 saturated heterocycles. The molecule has 0 saturated carbocycles. The second kappa shape index (κ2) is 6.60. The molecule has 0 fully saturated rings. The lowest BCUT2D eigenvalue weighted by Gasteiger charge is -2.07. The molecule has 22 heavy (non-hydrogen) atoms. The first-order chi connectivity index (χ1) is 10.7. The number of thiophene rings is 1. The van der Waals surface area contributed by atoms with Crippen LogP contribution in [0.4, 0.5) is 17.2 Å². The summed E-state index contributed by atoms with van der Waals surface area (Å²) in [6, 6.07) is 14.6. The van der Waals surface area contributed by atoms with Crippen LogP contribution in [-0.2, 0) is 0 Å². The van der Waals surface area contributed by atoms with Gasteiger partial charge in [-0.3, -0.25) is 4.79 Å². The predicted molar refractivity (Wildman–Crippen MR) is 91.2 cm³/mol. The Kier molecular flexibility index (Phi) is 4.37. The first kappa shape index (κ1) is 14.6. The summed E-state index contributed by atoms with van der Waals surface area (Å²) in [5.74, 6) is 0.362. The van der Waals surface area contributed by atoms with Crippen LogP contribution in [0.5, 0.6) is 0 Å². The van der Waals surface area contributed by atoms with Crippen molar-refractivity contribution in [2.24, 2.45) is 0 Å². The molecule has 1 amide bonds. The van der Waals surface area contributed by atoms with E-state index in [0.29, 0.717) is 15.7 Å². The molecule has 2 aromatic heterocycles. The van der Waals surface area contributed by atoms with Gasteiger partial charge >= 0.3 is 0 Å². The number of nitrogens with zero attached hydrogens (tertiary/aromatic N) is 1. The van der Waals surface area contributed by atoms with E-state index in [0.717, 1.165) is 11.4 Å². The van der Waals surface area contributed by atoms with Gasteiger partial charge in [-0.05, 0) is 47.8 Å². The van der Waals surface area contributed by atoms with E-state index in [1.165, 1.54) is 11.3 Å². The van der Waals surface area contributed by atoms with Crippen LogP contribution in [0.2, 0.25) is 5.02 Å². The monoisotopic (exact) mass is 329 g/mol. The van der Waals surface area contributed by atoms with Crippen LogP contribution in [0.25, 0.3) is 0 Å². The van der Waals surface area contributed by atoms with Gasteiger partial charge in [0.1, 0.15) is 5.82 Å². The van der Waals surface area contributed by atoms with Crippen molar-refractivity contribution >= 4 is 46.0 Å². The highest BCUT2D eigenvalue weighted by Gasteiger charge is 2.07. The van der Waals surface area contributed by atoms with Gasteiger partial charge in [0.2, 0.25) is 0 Å². The fourth-order valence-corrected chi connectivity index (χ4v) is 2.57. The Morgan fingerprint density at radius 2 is 1.82 bits per heavy atom. The van der Waals surface area contributed by atoms with Crippen LogP contribution < -0.4 is 10.6 Å². The molecule has 110 valence electrons. The number of nitrogens with one attached hydrogen (secondary N) is 2. The number of aromatic nitrogens is 1. The van der Waals surface area contributed by atoms with Crippen molar-refractivity contribution in [3.8, 4) is 0 Å². The zero-order valence-electron chi connectivity index (χ0n) is 11.4. The summed E-state index contributed by atoms with van der Waals surface area (Å²) in [6.45, 7) is 0. The van der Waals surface area contributed by atoms with Crippen LogP contribution in [0.3, 0.4) is 0 Å². The lowest BCUT2D eigenvalue weighted by molar-refractivity contribution is 0.103. The van der Waals surface area contributed by atoms with E-state index < -0.39 is 0 Å².